The first kappa shape index (κ1) is 28.3. The maximum absolute atomic E-state index is 13.5. The second kappa shape index (κ2) is 11.0. The molecule has 200 valence electrons. The molecule has 1 fully saturated rings. The van der Waals surface area contributed by atoms with Crippen LogP contribution < -0.4 is 5.32 Å². The lowest BCUT2D eigenvalue weighted by atomic mass is 9.84. The molecule has 0 radical (unpaired) electrons. The van der Waals surface area contributed by atoms with Crippen LogP contribution >= 0.6 is 0 Å². The summed E-state index contributed by atoms with van der Waals surface area (Å²) < 4.78 is 28.2. The highest BCUT2D eigenvalue weighted by molar-refractivity contribution is 7.89. The summed E-state index contributed by atoms with van der Waals surface area (Å²) in [6.07, 6.45) is 0. The van der Waals surface area contributed by atoms with Gasteiger partial charge in [-0.1, -0.05) is 50.2 Å². The third-order valence-corrected chi connectivity index (χ3v) is 8.83. The summed E-state index contributed by atoms with van der Waals surface area (Å²) >= 11 is 0. The lowest BCUT2D eigenvalue weighted by molar-refractivity contribution is -0.142. The zero-order chi connectivity index (χ0) is 27.5. The van der Waals surface area contributed by atoms with Gasteiger partial charge >= 0.3 is 5.97 Å². The van der Waals surface area contributed by atoms with E-state index >= 15 is 0 Å². The van der Waals surface area contributed by atoms with E-state index in [1.165, 1.54) is 16.1 Å². The van der Waals surface area contributed by atoms with Gasteiger partial charge in [-0.05, 0) is 48.6 Å². The molecule has 2 amide bonds. The number of piperazine rings is 1. The molecule has 0 spiro atoms. The number of carboxylic acids is 1. The van der Waals surface area contributed by atoms with Crippen LogP contribution in [0.25, 0.3) is 0 Å². The second-order valence-electron chi connectivity index (χ2n) is 10.2. The van der Waals surface area contributed by atoms with E-state index < -0.39 is 33.4 Å². The van der Waals surface area contributed by atoms with E-state index in [9.17, 15) is 27.9 Å². The second-order valence-corrected chi connectivity index (χ2v) is 12.1. The molecule has 9 nitrogen and oxygen atoms in total. The number of carboxylic acid groups (broad SMARTS) is 1. The standard InChI is InChI=1S/C27H35N3O6S/c1-18(2)21-8-12-23(13-9-21)37(35,36)30-15-14-29(19(3)31)17-24(30)25(32)28-16-20-6-10-22(11-7-20)27(4,5)26(33)34/h6-13,18,24H,14-17H2,1-5H3,(H,28,32)(H,33,34). The average molecular weight is 530 g/mol. The van der Waals surface area contributed by atoms with Gasteiger partial charge in [0.2, 0.25) is 21.8 Å². The van der Waals surface area contributed by atoms with Crippen LogP contribution in [0.1, 0.15) is 57.2 Å². The minimum atomic E-state index is -3.98. The number of benzene rings is 2. The third kappa shape index (κ3) is 6.19. The number of amides is 2. The van der Waals surface area contributed by atoms with Crippen molar-refractivity contribution in [2.45, 2.75) is 63.4 Å². The summed E-state index contributed by atoms with van der Waals surface area (Å²) in [6, 6.07) is 12.4. The molecular weight excluding hydrogens is 494 g/mol. The Hall–Kier alpha value is -3.24. The quantitative estimate of drug-likeness (QED) is 0.542. The fourth-order valence-electron chi connectivity index (χ4n) is 4.18. The molecule has 0 aromatic heterocycles. The Morgan fingerprint density at radius 2 is 1.62 bits per heavy atom. The Morgan fingerprint density at radius 1 is 1.03 bits per heavy atom. The molecule has 2 aromatic carbocycles. The third-order valence-electron chi connectivity index (χ3n) is 6.91. The van der Waals surface area contributed by atoms with Crippen LogP contribution in [-0.4, -0.2) is 66.2 Å². The predicted molar refractivity (Wildman–Crippen MR) is 139 cm³/mol. The first-order valence-electron chi connectivity index (χ1n) is 12.2. The fourth-order valence-corrected chi connectivity index (χ4v) is 5.75. The van der Waals surface area contributed by atoms with E-state index in [1.807, 2.05) is 13.8 Å². The molecule has 2 N–H and O–H groups in total. The zero-order valence-electron chi connectivity index (χ0n) is 21.9. The highest BCUT2D eigenvalue weighted by atomic mass is 32.2. The van der Waals surface area contributed by atoms with E-state index in [2.05, 4.69) is 5.32 Å². The van der Waals surface area contributed by atoms with Gasteiger partial charge in [0.1, 0.15) is 6.04 Å². The zero-order valence-corrected chi connectivity index (χ0v) is 22.7. The number of hydrogen-bond donors (Lipinski definition) is 2. The van der Waals surface area contributed by atoms with Crippen molar-refractivity contribution >= 4 is 27.8 Å². The highest BCUT2D eigenvalue weighted by Gasteiger charge is 2.40. The van der Waals surface area contributed by atoms with Gasteiger partial charge in [-0.3, -0.25) is 14.4 Å². The summed E-state index contributed by atoms with van der Waals surface area (Å²) in [5.74, 6) is -1.43. The number of nitrogens with zero attached hydrogens (tertiary/aromatic N) is 2. The van der Waals surface area contributed by atoms with Crippen LogP contribution in [0.5, 0.6) is 0 Å². The summed E-state index contributed by atoms with van der Waals surface area (Å²) in [5.41, 5.74) is 1.31. The number of carbonyl (C=O) groups is 3. The van der Waals surface area contributed by atoms with Crippen LogP contribution in [0.2, 0.25) is 0 Å². The number of carbonyl (C=O) groups excluding carboxylic acids is 2. The molecule has 1 aliphatic rings. The van der Waals surface area contributed by atoms with Crippen molar-refractivity contribution in [3.8, 4) is 0 Å². The van der Waals surface area contributed by atoms with Gasteiger partial charge in [0, 0.05) is 33.1 Å². The molecule has 1 aliphatic heterocycles. The Bertz CT molecular complexity index is 1250. The molecule has 1 unspecified atom stereocenters. The van der Waals surface area contributed by atoms with Gasteiger partial charge in [0.15, 0.2) is 0 Å². The lowest BCUT2D eigenvalue weighted by Crippen LogP contribution is -2.61. The number of nitrogens with one attached hydrogen (secondary N) is 1. The maximum Gasteiger partial charge on any atom is 0.313 e. The minimum absolute atomic E-state index is 0.00486. The molecule has 37 heavy (non-hydrogen) atoms. The Morgan fingerprint density at radius 3 is 2.14 bits per heavy atom. The van der Waals surface area contributed by atoms with E-state index in [1.54, 1.807) is 62.4 Å². The summed E-state index contributed by atoms with van der Waals surface area (Å²) in [6.45, 7) is 8.94. The van der Waals surface area contributed by atoms with Gasteiger partial charge in [-0.2, -0.15) is 4.31 Å². The van der Waals surface area contributed by atoms with Crippen LogP contribution in [0.15, 0.2) is 53.4 Å². The summed E-state index contributed by atoms with van der Waals surface area (Å²) in [4.78, 5) is 38.3. The van der Waals surface area contributed by atoms with Gasteiger partial charge in [0.05, 0.1) is 10.3 Å². The van der Waals surface area contributed by atoms with Gasteiger partial charge in [-0.15, -0.1) is 0 Å². The molecule has 1 saturated heterocycles. The van der Waals surface area contributed by atoms with Gasteiger partial charge in [0.25, 0.3) is 0 Å². The first-order chi connectivity index (χ1) is 17.2. The van der Waals surface area contributed by atoms with Crippen molar-refractivity contribution in [3.63, 3.8) is 0 Å². The molecule has 3 rings (SSSR count). The average Bonchev–Trinajstić information content (AvgIpc) is 2.87. The van der Waals surface area contributed by atoms with Crippen LogP contribution in [-0.2, 0) is 36.4 Å². The predicted octanol–water partition coefficient (Wildman–Crippen LogP) is 2.71. The molecule has 1 heterocycles. The van der Waals surface area contributed by atoms with Crippen molar-refractivity contribution in [1.82, 2.24) is 14.5 Å². The fraction of sp³-hybridized carbons (Fsp3) is 0.444. The van der Waals surface area contributed by atoms with Crippen LogP contribution in [0.3, 0.4) is 0 Å². The van der Waals surface area contributed by atoms with Crippen molar-refractivity contribution < 1.29 is 27.9 Å². The molecule has 0 aliphatic carbocycles. The largest absolute Gasteiger partial charge is 0.481 e. The van der Waals surface area contributed by atoms with E-state index in [0.717, 1.165) is 11.1 Å². The van der Waals surface area contributed by atoms with E-state index in [0.29, 0.717) is 5.56 Å². The highest BCUT2D eigenvalue weighted by Crippen LogP contribution is 2.25. The molecule has 2 aromatic rings. The van der Waals surface area contributed by atoms with E-state index in [4.69, 9.17) is 0 Å². The Labute approximate surface area is 218 Å². The van der Waals surface area contributed by atoms with Crippen molar-refractivity contribution in [1.29, 1.82) is 0 Å². The Balaban J connectivity index is 1.80. The summed E-state index contributed by atoms with van der Waals surface area (Å²) in [5, 5.41) is 12.2. The molecule has 0 saturated carbocycles. The topological polar surface area (TPSA) is 124 Å². The van der Waals surface area contributed by atoms with Gasteiger partial charge in [-0.25, -0.2) is 8.42 Å². The Kier molecular flexibility index (Phi) is 8.44. The number of aliphatic carboxylic acids is 1. The molecule has 10 heteroatoms. The number of sulfonamides is 1. The van der Waals surface area contributed by atoms with Crippen molar-refractivity contribution in [2.75, 3.05) is 19.6 Å². The molecular formula is C27H35N3O6S. The van der Waals surface area contributed by atoms with Crippen LogP contribution in [0, 0.1) is 0 Å². The lowest BCUT2D eigenvalue weighted by Gasteiger charge is -2.39. The van der Waals surface area contributed by atoms with E-state index in [-0.39, 0.29) is 42.9 Å². The normalized spacial score (nSPS) is 17.0. The minimum Gasteiger partial charge on any atom is -0.481 e. The first-order valence-corrected chi connectivity index (χ1v) is 13.7. The van der Waals surface area contributed by atoms with Crippen molar-refractivity contribution in [2.24, 2.45) is 0 Å². The monoisotopic (exact) mass is 529 g/mol. The molecule has 0 bridgehead atoms. The van der Waals surface area contributed by atoms with Crippen molar-refractivity contribution in [3.05, 3.63) is 65.2 Å². The smallest absolute Gasteiger partial charge is 0.313 e. The molecule has 1 atom stereocenters. The maximum atomic E-state index is 13.5. The van der Waals surface area contributed by atoms with Gasteiger partial charge < -0.3 is 15.3 Å². The summed E-state index contributed by atoms with van der Waals surface area (Å²) in [7, 11) is -3.98. The SMILES string of the molecule is CC(=O)N1CCN(S(=O)(=O)c2ccc(C(C)C)cc2)C(C(=O)NCc2ccc(C(C)(C)C(=O)O)cc2)C1. The number of rotatable bonds is 8. The number of hydrogen-bond acceptors (Lipinski definition) is 5. The van der Waals surface area contributed by atoms with Crippen LogP contribution in [0.4, 0.5) is 0 Å².